The third-order valence-electron chi connectivity index (χ3n) is 3.65. The zero-order valence-corrected chi connectivity index (χ0v) is 12.0. The van der Waals surface area contributed by atoms with Crippen molar-refractivity contribution in [2.75, 3.05) is 0 Å². The molecule has 0 bridgehead atoms. The van der Waals surface area contributed by atoms with Crippen molar-refractivity contribution in [3.63, 3.8) is 0 Å². The molecule has 3 nitrogen and oxygen atoms in total. The molecule has 0 unspecified atom stereocenters. The summed E-state index contributed by atoms with van der Waals surface area (Å²) in [4.78, 5) is 12.0. The van der Waals surface area contributed by atoms with Crippen molar-refractivity contribution >= 4 is 5.91 Å². The van der Waals surface area contributed by atoms with Crippen molar-refractivity contribution in [2.24, 2.45) is 5.41 Å². The lowest BCUT2D eigenvalue weighted by Crippen LogP contribution is -2.47. The molecule has 3 heteroatoms. The highest BCUT2D eigenvalue weighted by molar-refractivity contribution is 5.77. The Balaban J connectivity index is 2.52. The second-order valence-corrected chi connectivity index (χ2v) is 6.72. The van der Waals surface area contributed by atoms with Gasteiger partial charge < -0.3 is 5.32 Å². The van der Waals surface area contributed by atoms with Crippen LogP contribution in [0, 0.1) is 16.7 Å². The monoisotopic (exact) mass is 250 g/mol. The Morgan fingerprint density at radius 2 is 1.78 bits per heavy atom. The Bertz CT molecular complexity index is 314. The van der Waals surface area contributed by atoms with Crippen LogP contribution in [0.25, 0.3) is 0 Å². The van der Waals surface area contributed by atoms with Gasteiger partial charge in [0, 0.05) is 6.42 Å². The molecular weight excluding hydrogens is 224 g/mol. The first kappa shape index (κ1) is 15.0. The van der Waals surface area contributed by atoms with Gasteiger partial charge in [0.1, 0.15) is 5.54 Å². The molecule has 0 aromatic rings. The van der Waals surface area contributed by atoms with Crippen LogP contribution in [-0.2, 0) is 4.79 Å². The molecular formula is C15H26N2O. The number of hydrogen-bond acceptors (Lipinski definition) is 2. The zero-order valence-electron chi connectivity index (χ0n) is 12.0. The number of hydrogen-bond donors (Lipinski definition) is 1. The van der Waals surface area contributed by atoms with Gasteiger partial charge in [-0.05, 0) is 24.7 Å². The van der Waals surface area contributed by atoms with Crippen LogP contribution in [0.2, 0.25) is 0 Å². The standard InChI is InChI=1S/C15H26N2O/c1-14(2,3)11-8-13(18)17-15(12-16)9-6-4-5-7-10-15/h4-11H2,1-3H3,(H,17,18). The quantitative estimate of drug-likeness (QED) is 0.779. The van der Waals surface area contributed by atoms with Crippen molar-refractivity contribution < 1.29 is 4.79 Å². The fourth-order valence-electron chi connectivity index (χ4n) is 2.41. The van der Waals surface area contributed by atoms with E-state index in [4.69, 9.17) is 0 Å². The first-order chi connectivity index (χ1) is 8.37. The van der Waals surface area contributed by atoms with E-state index in [1.807, 2.05) is 0 Å². The van der Waals surface area contributed by atoms with Crippen LogP contribution in [0.1, 0.15) is 72.1 Å². The molecule has 0 aromatic carbocycles. The van der Waals surface area contributed by atoms with Gasteiger partial charge in [-0.2, -0.15) is 5.26 Å². The minimum Gasteiger partial charge on any atom is -0.338 e. The average molecular weight is 250 g/mol. The van der Waals surface area contributed by atoms with Crippen molar-refractivity contribution in [3.05, 3.63) is 0 Å². The number of nitrogens with one attached hydrogen (secondary N) is 1. The van der Waals surface area contributed by atoms with Crippen molar-refractivity contribution in [2.45, 2.75) is 77.7 Å². The molecule has 0 saturated heterocycles. The molecule has 0 atom stereocenters. The summed E-state index contributed by atoms with van der Waals surface area (Å²) in [5, 5.41) is 12.4. The number of nitriles is 1. The molecule has 1 saturated carbocycles. The largest absolute Gasteiger partial charge is 0.338 e. The van der Waals surface area contributed by atoms with E-state index in [2.05, 4.69) is 32.2 Å². The fraction of sp³-hybridized carbons (Fsp3) is 0.867. The van der Waals surface area contributed by atoms with E-state index < -0.39 is 5.54 Å². The predicted octanol–water partition coefficient (Wildman–Crippen LogP) is 3.55. The summed E-state index contributed by atoms with van der Waals surface area (Å²) in [5.74, 6) is 0.0355. The van der Waals surface area contributed by atoms with Crippen LogP contribution in [0.4, 0.5) is 0 Å². The summed E-state index contributed by atoms with van der Waals surface area (Å²) in [6.07, 6.45) is 7.46. The third kappa shape index (κ3) is 5.08. The SMILES string of the molecule is CC(C)(C)CCC(=O)NC1(C#N)CCCCCC1. The Labute approximate surface area is 111 Å². The smallest absolute Gasteiger partial charge is 0.221 e. The summed E-state index contributed by atoms with van der Waals surface area (Å²) in [7, 11) is 0. The number of nitrogens with zero attached hydrogens (tertiary/aromatic N) is 1. The molecule has 1 rings (SSSR count). The van der Waals surface area contributed by atoms with Gasteiger partial charge in [0.25, 0.3) is 0 Å². The van der Waals surface area contributed by atoms with E-state index in [1.54, 1.807) is 0 Å². The van der Waals surface area contributed by atoms with E-state index in [0.29, 0.717) is 6.42 Å². The van der Waals surface area contributed by atoms with Gasteiger partial charge >= 0.3 is 0 Å². The van der Waals surface area contributed by atoms with E-state index >= 15 is 0 Å². The van der Waals surface area contributed by atoms with E-state index in [1.165, 1.54) is 12.8 Å². The Morgan fingerprint density at radius 3 is 2.22 bits per heavy atom. The Kier molecular flexibility index (Phi) is 5.19. The van der Waals surface area contributed by atoms with Crippen LogP contribution in [0.15, 0.2) is 0 Å². The van der Waals surface area contributed by atoms with Crippen molar-refractivity contribution in [1.82, 2.24) is 5.32 Å². The number of rotatable bonds is 3. The molecule has 1 aliphatic rings. The second-order valence-electron chi connectivity index (χ2n) is 6.72. The maximum absolute atomic E-state index is 12.0. The maximum atomic E-state index is 12.0. The minimum absolute atomic E-state index is 0.0355. The predicted molar refractivity (Wildman–Crippen MR) is 72.9 cm³/mol. The molecule has 0 aromatic heterocycles. The highest BCUT2D eigenvalue weighted by atomic mass is 16.1. The second kappa shape index (κ2) is 6.22. The van der Waals surface area contributed by atoms with Crippen LogP contribution in [0.5, 0.6) is 0 Å². The molecule has 0 aliphatic heterocycles. The molecule has 1 fully saturated rings. The van der Waals surface area contributed by atoms with Gasteiger partial charge in [0.2, 0.25) is 5.91 Å². The van der Waals surface area contributed by atoms with Crippen LogP contribution in [0.3, 0.4) is 0 Å². The van der Waals surface area contributed by atoms with Crippen molar-refractivity contribution in [3.8, 4) is 6.07 Å². The summed E-state index contributed by atoms with van der Waals surface area (Å²) in [6.45, 7) is 6.39. The Hall–Kier alpha value is -1.04. The van der Waals surface area contributed by atoms with Gasteiger partial charge in [-0.25, -0.2) is 0 Å². The molecule has 1 amide bonds. The van der Waals surface area contributed by atoms with Gasteiger partial charge in [0.05, 0.1) is 6.07 Å². The van der Waals surface area contributed by atoms with E-state index in [-0.39, 0.29) is 11.3 Å². The maximum Gasteiger partial charge on any atom is 0.221 e. The lowest BCUT2D eigenvalue weighted by molar-refractivity contribution is -0.123. The molecule has 0 radical (unpaired) electrons. The van der Waals surface area contributed by atoms with Crippen LogP contribution >= 0.6 is 0 Å². The van der Waals surface area contributed by atoms with E-state index in [9.17, 15) is 10.1 Å². The van der Waals surface area contributed by atoms with Gasteiger partial charge in [-0.3, -0.25) is 4.79 Å². The van der Waals surface area contributed by atoms with Gasteiger partial charge in [-0.15, -0.1) is 0 Å². The first-order valence-electron chi connectivity index (χ1n) is 7.09. The average Bonchev–Trinajstić information content (AvgIpc) is 2.52. The topological polar surface area (TPSA) is 52.9 Å². The zero-order chi connectivity index (χ0) is 13.6. The summed E-state index contributed by atoms with van der Waals surface area (Å²) < 4.78 is 0. The van der Waals surface area contributed by atoms with Crippen molar-refractivity contribution in [1.29, 1.82) is 5.26 Å². The van der Waals surface area contributed by atoms with Crippen LogP contribution in [-0.4, -0.2) is 11.4 Å². The highest BCUT2D eigenvalue weighted by Gasteiger charge is 2.32. The van der Waals surface area contributed by atoms with Gasteiger partial charge in [0.15, 0.2) is 0 Å². The first-order valence-corrected chi connectivity index (χ1v) is 7.09. The molecule has 102 valence electrons. The normalized spacial score (nSPS) is 19.7. The summed E-state index contributed by atoms with van der Waals surface area (Å²) in [6, 6.07) is 2.35. The number of amides is 1. The number of carbonyl (C=O) groups is 1. The summed E-state index contributed by atoms with van der Waals surface area (Å²) in [5.41, 5.74) is -0.425. The molecule has 18 heavy (non-hydrogen) atoms. The van der Waals surface area contributed by atoms with Gasteiger partial charge in [-0.1, -0.05) is 46.5 Å². The molecule has 1 aliphatic carbocycles. The van der Waals surface area contributed by atoms with Crippen LogP contribution < -0.4 is 5.32 Å². The fourth-order valence-corrected chi connectivity index (χ4v) is 2.41. The third-order valence-corrected chi connectivity index (χ3v) is 3.65. The Morgan fingerprint density at radius 1 is 1.22 bits per heavy atom. The lowest BCUT2D eigenvalue weighted by atomic mass is 9.89. The van der Waals surface area contributed by atoms with E-state index in [0.717, 1.165) is 32.1 Å². The number of carbonyl (C=O) groups excluding carboxylic acids is 1. The lowest BCUT2D eigenvalue weighted by Gasteiger charge is -2.27. The summed E-state index contributed by atoms with van der Waals surface area (Å²) >= 11 is 0. The molecule has 0 spiro atoms. The molecule has 0 heterocycles. The highest BCUT2D eigenvalue weighted by Crippen LogP contribution is 2.27. The minimum atomic E-state index is -0.592. The molecule has 1 N–H and O–H groups in total.